The highest BCUT2D eigenvalue weighted by atomic mass is 19.4. The number of nitrogen functional groups attached to an aromatic ring is 1. The lowest BCUT2D eigenvalue weighted by molar-refractivity contribution is -0.137. The van der Waals surface area contributed by atoms with Crippen molar-refractivity contribution < 1.29 is 13.2 Å². The minimum atomic E-state index is -4.50. The van der Waals surface area contributed by atoms with E-state index in [1.807, 2.05) is 4.90 Å². The Labute approximate surface area is 116 Å². The Hall–Kier alpha value is -1.72. The van der Waals surface area contributed by atoms with E-state index in [-0.39, 0.29) is 5.56 Å². The lowest BCUT2D eigenvalue weighted by Gasteiger charge is -2.33. The molecule has 1 saturated heterocycles. The lowest BCUT2D eigenvalue weighted by Crippen LogP contribution is -2.34. The van der Waals surface area contributed by atoms with E-state index in [4.69, 9.17) is 11.1 Å². The second-order valence-corrected chi connectivity index (χ2v) is 5.33. The predicted octanol–water partition coefficient (Wildman–Crippen LogP) is 3.23. The summed E-state index contributed by atoms with van der Waals surface area (Å²) in [7, 11) is 0. The zero-order chi connectivity index (χ0) is 14.9. The largest absolute Gasteiger partial charge is 0.417 e. The van der Waals surface area contributed by atoms with Gasteiger partial charge >= 0.3 is 6.18 Å². The average Bonchev–Trinajstić information content (AvgIpc) is 2.37. The van der Waals surface area contributed by atoms with Crippen molar-refractivity contribution in [1.82, 2.24) is 0 Å². The maximum absolute atomic E-state index is 13.1. The molecular formula is C14H18F3N3. The zero-order valence-electron chi connectivity index (χ0n) is 11.3. The van der Waals surface area contributed by atoms with Crippen LogP contribution in [0.25, 0.3) is 0 Å². The van der Waals surface area contributed by atoms with Crippen LogP contribution in [0.4, 0.5) is 18.9 Å². The van der Waals surface area contributed by atoms with E-state index in [2.05, 4.69) is 6.92 Å². The van der Waals surface area contributed by atoms with Crippen LogP contribution >= 0.6 is 0 Å². The van der Waals surface area contributed by atoms with Crippen molar-refractivity contribution in [2.75, 3.05) is 18.0 Å². The molecule has 0 amide bonds. The first-order valence-electron chi connectivity index (χ1n) is 6.59. The van der Waals surface area contributed by atoms with Crippen LogP contribution < -0.4 is 10.6 Å². The molecule has 0 saturated carbocycles. The van der Waals surface area contributed by atoms with Crippen molar-refractivity contribution in [3.8, 4) is 0 Å². The third kappa shape index (κ3) is 3.05. The van der Waals surface area contributed by atoms with Crippen LogP contribution in [0.3, 0.4) is 0 Å². The van der Waals surface area contributed by atoms with Crippen LogP contribution in [0.1, 0.15) is 30.9 Å². The van der Waals surface area contributed by atoms with Crippen molar-refractivity contribution in [2.45, 2.75) is 25.9 Å². The normalized spacial score (nSPS) is 20.0. The van der Waals surface area contributed by atoms with Gasteiger partial charge in [-0.25, -0.2) is 0 Å². The van der Waals surface area contributed by atoms with Crippen molar-refractivity contribution in [2.24, 2.45) is 11.7 Å². The first-order chi connectivity index (χ1) is 9.29. The molecule has 20 heavy (non-hydrogen) atoms. The van der Waals surface area contributed by atoms with Gasteiger partial charge in [0.15, 0.2) is 0 Å². The molecular weight excluding hydrogens is 267 g/mol. The van der Waals surface area contributed by atoms with Gasteiger partial charge < -0.3 is 10.6 Å². The number of nitrogens with zero attached hydrogens (tertiary/aromatic N) is 1. The molecule has 1 aromatic carbocycles. The number of alkyl halides is 3. The Balaban J connectivity index is 2.39. The Bertz CT molecular complexity index is 511. The lowest BCUT2D eigenvalue weighted by atomic mass is 9.98. The summed E-state index contributed by atoms with van der Waals surface area (Å²) in [5, 5.41) is 7.27. The van der Waals surface area contributed by atoms with Crippen molar-refractivity contribution in [3.05, 3.63) is 29.3 Å². The third-order valence-corrected chi connectivity index (χ3v) is 3.62. The highest BCUT2D eigenvalue weighted by Gasteiger charge is 2.35. The molecule has 3 nitrogen and oxygen atoms in total. The first-order valence-corrected chi connectivity index (χ1v) is 6.59. The molecule has 1 aromatic rings. The van der Waals surface area contributed by atoms with Gasteiger partial charge in [0.05, 0.1) is 5.56 Å². The molecule has 2 rings (SSSR count). The second kappa shape index (κ2) is 5.34. The quantitative estimate of drug-likeness (QED) is 0.647. The maximum Gasteiger partial charge on any atom is 0.417 e. The fourth-order valence-electron chi connectivity index (χ4n) is 2.62. The van der Waals surface area contributed by atoms with Gasteiger partial charge in [0.1, 0.15) is 5.84 Å². The Morgan fingerprint density at radius 2 is 2.10 bits per heavy atom. The number of hydrogen-bond acceptors (Lipinski definition) is 2. The fraction of sp³-hybridized carbons (Fsp3) is 0.500. The van der Waals surface area contributed by atoms with E-state index in [0.717, 1.165) is 32.0 Å². The Morgan fingerprint density at radius 1 is 1.40 bits per heavy atom. The van der Waals surface area contributed by atoms with Crippen LogP contribution in [-0.4, -0.2) is 18.9 Å². The number of halogens is 3. The van der Waals surface area contributed by atoms with Gasteiger partial charge in [-0.05, 0) is 37.0 Å². The molecule has 1 heterocycles. The van der Waals surface area contributed by atoms with Gasteiger partial charge in [0.25, 0.3) is 0 Å². The smallest absolute Gasteiger partial charge is 0.384 e. The number of benzene rings is 1. The molecule has 3 N–H and O–H groups in total. The summed E-state index contributed by atoms with van der Waals surface area (Å²) < 4.78 is 39.2. The molecule has 0 aliphatic carbocycles. The second-order valence-electron chi connectivity index (χ2n) is 5.33. The summed E-state index contributed by atoms with van der Waals surface area (Å²) in [6.07, 6.45) is -2.41. The van der Waals surface area contributed by atoms with E-state index in [1.165, 1.54) is 6.07 Å². The van der Waals surface area contributed by atoms with Crippen LogP contribution in [0.2, 0.25) is 0 Å². The predicted molar refractivity (Wildman–Crippen MR) is 73.1 cm³/mol. The van der Waals surface area contributed by atoms with Gasteiger partial charge in [-0.3, -0.25) is 5.41 Å². The standard InChI is InChI=1S/C14H18F3N3/c1-9-3-2-6-20(8-9)10-4-5-11(13(18)19)12(7-10)14(15,16)17/h4-5,7,9H,2-3,6,8H2,1H3,(H3,18,19). The number of hydrogen-bond donors (Lipinski definition) is 2. The molecule has 6 heteroatoms. The molecule has 1 atom stereocenters. The molecule has 1 aliphatic heterocycles. The van der Waals surface area contributed by atoms with Gasteiger partial charge in [0, 0.05) is 24.3 Å². The molecule has 0 bridgehead atoms. The summed E-state index contributed by atoms with van der Waals surface area (Å²) in [4.78, 5) is 1.97. The number of nitrogens with two attached hydrogens (primary N) is 1. The summed E-state index contributed by atoms with van der Waals surface area (Å²) in [5.74, 6) is -0.0820. The molecule has 1 aliphatic rings. The fourth-order valence-corrected chi connectivity index (χ4v) is 2.62. The van der Waals surface area contributed by atoms with E-state index < -0.39 is 17.6 Å². The summed E-state index contributed by atoms with van der Waals surface area (Å²) in [5.41, 5.74) is 4.69. The monoisotopic (exact) mass is 285 g/mol. The van der Waals surface area contributed by atoms with Crippen LogP contribution in [0.5, 0.6) is 0 Å². The number of piperidine rings is 1. The minimum absolute atomic E-state index is 0.258. The van der Waals surface area contributed by atoms with E-state index >= 15 is 0 Å². The van der Waals surface area contributed by atoms with E-state index in [9.17, 15) is 13.2 Å². The molecule has 0 aromatic heterocycles. The van der Waals surface area contributed by atoms with Crippen LogP contribution in [-0.2, 0) is 6.18 Å². The number of amidine groups is 1. The third-order valence-electron chi connectivity index (χ3n) is 3.62. The molecule has 110 valence electrons. The Morgan fingerprint density at radius 3 is 2.65 bits per heavy atom. The summed E-state index contributed by atoms with van der Waals surface area (Å²) >= 11 is 0. The van der Waals surface area contributed by atoms with Crippen molar-refractivity contribution in [3.63, 3.8) is 0 Å². The van der Waals surface area contributed by atoms with E-state index in [1.54, 1.807) is 6.07 Å². The first kappa shape index (κ1) is 14.7. The van der Waals surface area contributed by atoms with Crippen LogP contribution in [0, 0.1) is 11.3 Å². The highest BCUT2D eigenvalue weighted by molar-refractivity contribution is 5.97. The van der Waals surface area contributed by atoms with Gasteiger partial charge in [-0.1, -0.05) is 6.92 Å². The average molecular weight is 285 g/mol. The maximum atomic E-state index is 13.1. The Kier molecular flexibility index (Phi) is 3.92. The highest BCUT2D eigenvalue weighted by Crippen LogP contribution is 2.35. The number of rotatable bonds is 2. The number of anilines is 1. The molecule has 0 spiro atoms. The summed E-state index contributed by atoms with van der Waals surface area (Å²) in [6.45, 7) is 3.62. The number of nitrogens with one attached hydrogen (secondary N) is 1. The molecule has 0 radical (unpaired) electrons. The topological polar surface area (TPSA) is 53.1 Å². The van der Waals surface area contributed by atoms with Gasteiger partial charge in [-0.2, -0.15) is 13.2 Å². The van der Waals surface area contributed by atoms with E-state index in [0.29, 0.717) is 11.6 Å². The molecule has 1 unspecified atom stereocenters. The van der Waals surface area contributed by atoms with Gasteiger partial charge in [-0.15, -0.1) is 0 Å². The zero-order valence-corrected chi connectivity index (χ0v) is 11.3. The minimum Gasteiger partial charge on any atom is -0.384 e. The molecule has 1 fully saturated rings. The van der Waals surface area contributed by atoms with Crippen LogP contribution in [0.15, 0.2) is 18.2 Å². The SMILES string of the molecule is CC1CCCN(c2ccc(C(=N)N)c(C(F)(F)F)c2)C1. The summed E-state index contributed by atoms with van der Waals surface area (Å²) in [6, 6.07) is 4.01. The van der Waals surface area contributed by atoms with Crippen molar-refractivity contribution in [1.29, 1.82) is 5.41 Å². The van der Waals surface area contributed by atoms with Crippen molar-refractivity contribution >= 4 is 11.5 Å². The van der Waals surface area contributed by atoms with Gasteiger partial charge in [0.2, 0.25) is 0 Å².